The van der Waals surface area contributed by atoms with E-state index in [9.17, 15) is 4.79 Å². The molecule has 0 atom stereocenters. The lowest BCUT2D eigenvalue weighted by Gasteiger charge is -2.36. The highest BCUT2D eigenvalue weighted by Crippen LogP contribution is 2.31. The lowest BCUT2D eigenvalue weighted by molar-refractivity contribution is 0.0864. The zero-order valence-corrected chi connectivity index (χ0v) is 14.9. The molecule has 130 valence electrons. The summed E-state index contributed by atoms with van der Waals surface area (Å²) in [5, 5.41) is 14.8. The summed E-state index contributed by atoms with van der Waals surface area (Å²) in [6.07, 6.45) is 8.34. The first-order chi connectivity index (χ1) is 10.6. The van der Waals surface area contributed by atoms with Crippen molar-refractivity contribution in [2.45, 2.75) is 64.0 Å². The molecule has 23 heavy (non-hydrogen) atoms. The first kappa shape index (κ1) is 18.2. The maximum absolute atomic E-state index is 12.5. The summed E-state index contributed by atoms with van der Waals surface area (Å²) >= 11 is 0. The van der Waals surface area contributed by atoms with E-state index in [1.54, 1.807) is 6.20 Å². The number of hydrogen-bond donors (Lipinski definition) is 2. The van der Waals surface area contributed by atoms with Gasteiger partial charge in [0.15, 0.2) is 5.69 Å². The molecule has 2 heterocycles. The van der Waals surface area contributed by atoms with Gasteiger partial charge in [-0.15, -0.1) is 17.5 Å². The van der Waals surface area contributed by atoms with Gasteiger partial charge in [-0.05, 0) is 64.5 Å². The van der Waals surface area contributed by atoms with Crippen molar-refractivity contribution >= 4 is 18.3 Å². The molecular formula is C16H28ClN5O. The van der Waals surface area contributed by atoms with Gasteiger partial charge in [-0.25, -0.2) is 4.68 Å². The zero-order valence-electron chi connectivity index (χ0n) is 14.0. The van der Waals surface area contributed by atoms with Crippen molar-refractivity contribution < 1.29 is 4.79 Å². The Hall–Kier alpha value is -1.14. The predicted molar refractivity (Wildman–Crippen MR) is 91.9 cm³/mol. The molecule has 1 aromatic heterocycles. The Kier molecular flexibility index (Phi) is 6.03. The fourth-order valence-corrected chi connectivity index (χ4v) is 3.49. The number of hydrogen-bond acceptors (Lipinski definition) is 4. The van der Waals surface area contributed by atoms with Gasteiger partial charge in [0.25, 0.3) is 5.91 Å². The minimum atomic E-state index is -0.0951. The van der Waals surface area contributed by atoms with Crippen molar-refractivity contribution in [1.82, 2.24) is 25.6 Å². The second-order valence-corrected chi connectivity index (χ2v) is 7.26. The van der Waals surface area contributed by atoms with Crippen molar-refractivity contribution in [2.24, 2.45) is 5.92 Å². The molecule has 1 saturated carbocycles. The molecule has 0 spiro atoms. The molecular weight excluding hydrogens is 314 g/mol. The number of carbonyl (C=O) groups is 1. The summed E-state index contributed by atoms with van der Waals surface area (Å²) in [4.78, 5) is 12.5. The highest BCUT2D eigenvalue weighted by atomic mass is 35.5. The summed E-state index contributed by atoms with van der Waals surface area (Å²) in [5.41, 5.74) is 0.348. The van der Waals surface area contributed by atoms with Gasteiger partial charge in [0.2, 0.25) is 0 Å². The second kappa shape index (κ2) is 7.62. The largest absolute Gasteiger partial charge is 0.345 e. The molecule has 3 rings (SSSR count). The summed E-state index contributed by atoms with van der Waals surface area (Å²) < 4.78 is 1.86. The van der Waals surface area contributed by atoms with Crippen molar-refractivity contribution in [3.05, 3.63) is 11.9 Å². The number of aromatic nitrogens is 3. The Morgan fingerprint density at radius 2 is 1.96 bits per heavy atom. The Morgan fingerprint density at radius 3 is 2.61 bits per heavy atom. The van der Waals surface area contributed by atoms with E-state index in [0.717, 1.165) is 44.7 Å². The Labute approximate surface area is 144 Å². The molecule has 1 amide bonds. The number of halogens is 1. The fraction of sp³-hybridized carbons (Fsp3) is 0.812. The molecule has 0 radical (unpaired) electrons. The van der Waals surface area contributed by atoms with Crippen LogP contribution in [0.3, 0.4) is 0 Å². The summed E-state index contributed by atoms with van der Waals surface area (Å²) in [6.45, 7) is 6.44. The monoisotopic (exact) mass is 341 g/mol. The number of nitrogens with zero attached hydrogens (tertiary/aromatic N) is 3. The molecule has 1 aromatic rings. The molecule has 2 N–H and O–H groups in total. The highest BCUT2D eigenvalue weighted by molar-refractivity contribution is 5.92. The molecule has 0 bridgehead atoms. The highest BCUT2D eigenvalue weighted by Gasteiger charge is 2.32. The van der Waals surface area contributed by atoms with Crippen molar-refractivity contribution in [3.63, 3.8) is 0 Å². The molecule has 0 unspecified atom stereocenters. The van der Waals surface area contributed by atoms with Crippen LogP contribution < -0.4 is 10.6 Å². The van der Waals surface area contributed by atoms with Crippen LogP contribution in [0.2, 0.25) is 0 Å². The fourth-order valence-electron chi connectivity index (χ4n) is 3.49. The first-order valence-corrected chi connectivity index (χ1v) is 8.51. The minimum absolute atomic E-state index is 0. The standard InChI is InChI=1S/C16H27N5O.ClH/c1-12-3-7-16(2,8-4-12)18-15(22)14-11-21(20-19-14)13-5-9-17-10-6-13;/h11-13,17H,3-10H2,1-2H3,(H,18,22);1H. The number of carbonyl (C=O) groups excluding carboxylic acids is 1. The number of piperidine rings is 1. The van der Waals surface area contributed by atoms with E-state index in [1.165, 1.54) is 12.8 Å². The van der Waals surface area contributed by atoms with Gasteiger partial charge >= 0.3 is 0 Å². The lowest BCUT2D eigenvalue weighted by atomic mass is 9.78. The molecule has 2 aliphatic rings. The number of amides is 1. The van der Waals surface area contributed by atoms with Crippen LogP contribution in [0.25, 0.3) is 0 Å². The number of nitrogens with one attached hydrogen (secondary N) is 2. The SMILES string of the molecule is CC1CCC(C)(NC(=O)c2cn(C3CCNCC3)nn2)CC1.Cl. The summed E-state index contributed by atoms with van der Waals surface area (Å²) in [6, 6.07) is 0.362. The molecule has 2 fully saturated rings. The van der Waals surface area contributed by atoms with Crippen LogP contribution in [0.15, 0.2) is 6.20 Å². The summed E-state index contributed by atoms with van der Waals surface area (Å²) in [7, 11) is 0. The van der Waals surface area contributed by atoms with Crippen LogP contribution in [0.4, 0.5) is 0 Å². The Bertz CT molecular complexity index is 518. The molecule has 6 nitrogen and oxygen atoms in total. The van der Waals surface area contributed by atoms with Crippen LogP contribution in [-0.2, 0) is 0 Å². The predicted octanol–water partition coefficient (Wildman–Crippen LogP) is 2.32. The molecule has 7 heteroatoms. The average Bonchev–Trinajstić information content (AvgIpc) is 3.01. The molecule has 1 aliphatic heterocycles. The van der Waals surface area contributed by atoms with Crippen LogP contribution in [0.5, 0.6) is 0 Å². The van der Waals surface area contributed by atoms with Crippen molar-refractivity contribution in [1.29, 1.82) is 0 Å². The van der Waals surface area contributed by atoms with Crippen LogP contribution in [0, 0.1) is 5.92 Å². The number of rotatable bonds is 3. The zero-order chi connectivity index (χ0) is 15.6. The van der Waals surface area contributed by atoms with E-state index in [1.807, 2.05) is 4.68 Å². The second-order valence-electron chi connectivity index (χ2n) is 7.26. The average molecular weight is 342 g/mol. The molecule has 0 aromatic carbocycles. The molecule has 1 saturated heterocycles. The van der Waals surface area contributed by atoms with E-state index >= 15 is 0 Å². The third kappa shape index (κ3) is 4.44. The van der Waals surface area contributed by atoms with Gasteiger partial charge in [-0.1, -0.05) is 12.1 Å². The van der Waals surface area contributed by atoms with Gasteiger partial charge < -0.3 is 10.6 Å². The normalized spacial score (nSPS) is 28.9. The summed E-state index contributed by atoms with van der Waals surface area (Å²) in [5.74, 6) is 0.683. The van der Waals surface area contributed by atoms with Gasteiger partial charge in [0, 0.05) is 5.54 Å². The van der Waals surface area contributed by atoms with Gasteiger partial charge in [-0.3, -0.25) is 4.79 Å². The van der Waals surface area contributed by atoms with E-state index < -0.39 is 0 Å². The van der Waals surface area contributed by atoms with Crippen LogP contribution in [-0.4, -0.2) is 39.5 Å². The maximum Gasteiger partial charge on any atom is 0.273 e. The third-order valence-electron chi connectivity index (χ3n) is 5.22. The van der Waals surface area contributed by atoms with Gasteiger partial charge in [-0.2, -0.15) is 0 Å². The quantitative estimate of drug-likeness (QED) is 0.885. The smallest absolute Gasteiger partial charge is 0.273 e. The Balaban J connectivity index is 0.00000192. The van der Waals surface area contributed by atoms with E-state index in [0.29, 0.717) is 11.7 Å². The van der Waals surface area contributed by atoms with E-state index in [2.05, 4.69) is 34.8 Å². The van der Waals surface area contributed by atoms with E-state index in [4.69, 9.17) is 0 Å². The van der Waals surface area contributed by atoms with Crippen LogP contribution >= 0.6 is 12.4 Å². The lowest BCUT2D eigenvalue weighted by Crippen LogP contribution is -2.48. The van der Waals surface area contributed by atoms with Crippen LogP contribution in [0.1, 0.15) is 68.9 Å². The van der Waals surface area contributed by atoms with Crippen molar-refractivity contribution in [2.75, 3.05) is 13.1 Å². The topological polar surface area (TPSA) is 71.8 Å². The van der Waals surface area contributed by atoms with Crippen molar-refractivity contribution in [3.8, 4) is 0 Å². The first-order valence-electron chi connectivity index (χ1n) is 8.51. The minimum Gasteiger partial charge on any atom is -0.345 e. The third-order valence-corrected chi connectivity index (χ3v) is 5.22. The Morgan fingerprint density at radius 1 is 1.30 bits per heavy atom. The van der Waals surface area contributed by atoms with E-state index in [-0.39, 0.29) is 23.9 Å². The maximum atomic E-state index is 12.5. The van der Waals surface area contributed by atoms with Gasteiger partial charge in [0.1, 0.15) is 0 Å². The van der Waals surface area contributed by atoms with Gasteiger partial charge in [0.05, 0.1) is 12.2 Å². The molecule has 1 aliphatic carbocycles.